The molecule has 328 valence electrons. The highest BCUT2D eigenvalue weighted by molar-refractivity contribution is 5.90. The Morgan fingerprint density at radius 3 is 1.16 bits per heavy atom. The second kappa shape index (κ2) is 22.7. The number of ether oxygens (including phenoxy) is 3. The number of carbonyl (C=O) groups excluding carboxylic acids is 3. The number of hydrogen-bond acceptors (Lipinski definition) is 12. The van der Waals surface area contributed by atoms with Gasteiger partial charge in [-0.05, 0) is 118 Å². The number of nitrogens with one attached hydrogen (secondary N) is 3. The van der Waals surface area contributed by atoms with Crippen LogP contribution in [0.4, 0.5) is 17.1 Å². The summed E-state index contributed by atoms with van der Waals surface area (Å²) in [5, 5.41) is 10.5. The Bertz CT molecular complexity index is 2010. The fourth-order valence-corrected chi connectivity index (χ4v) is 7.68. The van der Waals surface area contributed by atoms with Crippen LogP contribution in [-0.4, -0.2) is 70.8 Å². The molecule has 2 fully saturated rings. The molecule has 0 aliphatic heterocycles. The lowest BCUT2D eigenvalue weighted by Crippen LogP contribution is -2.28. The van der Waals surface area contributed by atoms with Crippen LogP contribution < -0.4 is 16.0 Å². The largest absolute Gasteiger partial charge is 0.463 e. The smallest absolute Gasteiger partial charge is 0.337 e. The van der Waals surface area contributed by atoms with Gasteiger partial charge in [-0.1, -0.05) is 65.7 Å². The summed E-state index contributed by atoms with van der Waals surface area (Å²) in [6.07, 6.45) is 11.8. The fourth-order valence-electron chi connectivity index (χ4n) is 7.68. The van der Waals surface area contributed by atoms with Gasteiger partial charge in [-0.3, -0.25) is 9.59 Å². The van der Waals surface area contributed by atoms with Crippen molar-refractivity contribution in [1.29, 1.82) is 0 Å². The molecule has 2 aliphatic rings. The van der Waals surface area contributed by atoms with Gasteiger partial charge in [0.1, 0.15) is 19.8 Å². The Balaban J connectivity index is 1.19. The van der Waals surface area contributed by atoms with Gasteiger partial charge in [-0.25, -0.2) is 19.7 Å². The van der Waals surface area contributed by atoms with E-state index in [-0.39, 0.29) is 54.1 Å². The van der Waals surface area contributed by atoms with E-state index in [1.807, 2.05) is 79.7 Å². The first kappa shape index (κ1) is 45.5. The molecule has 0 radical (unpaired) electrons. The molecule has 0 bridgehead atoms. The van der Waals surface area contributed by atoms with Gasteiger partial charge >= 0.3 is 17.9 Å². The maximum absolute atomic E-state index is 12.6. The lowest BCUT2D eigenvalue weighted by molar-refractivity contribution is -0.149. The van der Waals surface area contributed by atoms with Crippen LogP contribution in [-0.2, 0) is 28.6 Å². The molecule has 4 aromatic rings. The Kier molecular flexibility index (Phi) is 16.7. The van der Waals surface area contributed by atoms with Crippen molar-refractivity contribution >= 4 is 35.0 Å². The van der Waals surface area contributed by atoms with Crippen molar-refractivity contribution in [3.8, 4) is 34.2 Å². The van der Waals surface area contributed by atoms with Crippen LogP contribution in [0.5, 0.6) is 0 Å². The van der Waals surface area contributed by atoms with Gasteiger partial charge in [-0.2, -0.15) is 0 Å². The number of benzene rings is 3. The third kappa shape index (κ3) is 12.7. The number of anilines is 3. The first-order valence-electron chi connectivity index (χ1n) is 22.3. The van der Waals surface area contributed by atoms with Crippen molar-refractivity contribution in [2.45, 2.75) is 110 Å². The molecule has 12 heteroatoms. The molecule has 3 N–H and O–H groups in total. The predicted molar refractivity (Wildman–Crippen MR) is 245 cm³/mol. The molecule has 0 saturated heterocycles. The molecule has 3 unspecified atom stereocenters. The van der Waals surface area contributed by atoms with Gasteiger partial charge in [-0.15, -0.1) is 0 Å². The van der Waals surface area contributed by atoms with Crippen molar-refractivity contribution in [3.63, 3.8) is 0 Å². The zero-order chi connectivity index (χ0) is 43.8. The first-order chi connectivity index (χ1) is 30.2. The quantitative estimate of drug-likeness (QED) is 0.0299. The van der Waals surface area contributed by atoms with Gasteiger partial charge < -0.3 is 30.2 Å². The molecular weight excluding hydrogens is 781 g/mol. The Labute approximate surface area is 366 Å². The summed E-state index contributed by atoms with van der Waals surface area (Å²) in [4.78, 5) is 52.1. The standard InChI is InChI=1S/C50H62N6O6/c1-6-33(5)48(57)60-30-39(7-2)51-42-24-18-34(19-25-42)45-54-46(35-20-26-43(27-21-35)52-40(8-3)31-61-49(58)37-14-10-11-15-37)56-47(55-45)36-22-28-44(29-23-36)53-41(9-4)32-62-50(59)38-16-12-13-17-38/h6,18-29,37-41,51-53H,1,5,7-17,30-32H2,2-4H3. The average Bonchev–Trinajstić information content (AvgIpc) is 4.07. The minimum atomic E-state index is -0.488. The van der Waals surface area contributed by atoms with E-state index in [0.717, 1.165) is 104 Å². The maximum atomic E-state index is 12.6. The van der Waals surface area contributed by atoms with Crippen LogP contribution in [0.1, 0.15) is 91.4 Å². The second-order valence-corrected chi connectivity index (χ2v) is 16.3. The van der Waals surface area contributed by atoms with Crippen LogP contribution >= 0.6 is 0 Å². The van der Waals surface area contributed by atoms with E-state index in [1.165, 1.54) is 6.08 Å². The van der Waals surface area contributed by atoms with Crippen molar-refractivity contribution in [3.05, 3.63) is 97.6 Å². The zero-order valence-corrected chi connectivity index (χ0v) is 36.5. The van der Waals surface area contributed by atoms with Crippen LogP contribution in [0.15, 0.2) is 97.6 Å². The molecule has 2 saturated carbocycles. The van der Waals surface area contributed by atoms with E-state index in [1.54, 1.807) is 0 Å². The average molecular weight is 843 g/mol. The Hall–Kier alpha value is -6.04. The van der Waals surface area contributed by atoms with Crippen LogP contribution in [0.25, 0.3) is 34.2 Å². The maximum Gasteiger partial charge on any atom is 0.337 e. The summed E-state index contributed by atoms with van der Waals surface area (Å²) in [5.74, 6) is 0.946. The van der Waals surface area contributed by atoms with Crippen LogP contribution in [0, 0.1) is 11.8 Å². The van der Waals surface area contributed by atoms with Crippen molar-refractivity contribution in [1.82, 2.24) is 15.0 Å². The van der Waals surface area contributed by atoms with Gasteiger partial charge in [0.05, 0.1) is 35.5 Å². The van der Waals surface area contributed by atoms with Crippen molar-refractivity contribution < 1.29 is 28.6 Å². The van der Waals surface area contributed by atoms with Gasteiger partial charge in [0.15, 0.2) is 17.5 Å². The highest BCUT2D eigenvalue weighted by Crippen LogP contribution is 2.30. The normalized spacial score (nSPS) is 15.5. The number of aromatic nitrogens is 3. The number of nitrogens with zero attached hydrogens (tertiary/aromatic N) is 3. The number of hydrogen-bond donors (Lipinski definition) is 3. The van der Waals surface area contributed by atoms with Crippen molar-refractivity contribution in [2.75, 3.05) is 35.8 Å². The van der Waals surface area contributed by atoms with E-state index < -0.39 is 5.97 Å². The summed E-state index contributed by atoms with van der Waals surface area (Å²) in [5.41, 5.74) is 5.32. The predicted octanol–water partition coefficient (Wildman–Crippen LogP) is 10.2. The molecular formula is C50H62N6O6. The minimum absolute atomic E-state index is 0.0177. The van der Waals surface area contributed by atoms with E-state index in [9.17, 15) is 14.4 Å². The molecule has 62 heavy (non-hydrogen) atoms. The zero-order valence-electron chi connectivity index (χ0n) is 36.5. The summed E-state index contributed by atoms with van der Waals surface area (Å²) >= 11 is 0. The van der Waals surface area contributed by atoms with Crippen LogP contribution in [0.3, 0.4) is 0 Å². The minimum Gasteiger partial charge on any atom is -0.463 e. The fraction of sp³-hybridized carbons (Fsp3) is 0.440. The third-order valence-electron chi connectivity index (χ3n) is 11.8. The number of carbonyl (C=O) groups is 3. The third-order valence-corrected chi connectivity index (χ3v) is 11.8. The Morgan fingerprint density at radius 2 is 0.871 bits per heavy atom. The highest BCUT2D eigenvalue weighted by Gasteiger charge is 2.26. The van der Waals surface area contributed by atoms with Gasteiger partial charge in [0, 0.05) is 33.8 Å². The number of rotatable bonds is 22. The lowest BCUT2D eigenvalue weighted by atomic mass is 10.1. The van der Waals surface area contributed by atoms with Crippen LogP contribution in [0.2, 0.25) is 0 Å². The Morgan fingerprint density at radius 1 is 0.565 bits per heavy atom. The topological polar surface area (TPSA) is 154 Å². The molecule has 3 atom stereocenters. The highest BCUT2D eigenvalue weighted by atomic mass is 16.5. The molecule has 1 heterocycles. The summed E-state index contributed by atoms with van der Waals surface area (Å²) in [7, 11) is 0. The monoisotopic (exact) mass is 842 g/mol. The van der Waals surface area contributed by atoms with E-state index in [0.29, 0.717) is 30.7 Å². The molecule has 0 spiro atoms. The van der Waals surface area contributed by atoms with E-state index in [4.69, 9.17) is 29.2 Å². The summed E-state index contributed by atoms with van der Waals surface area (Å²) in [6, 6.07) is 23.6. The van der Waals surface area contributed by atoms with E-state index in [2.05, 4.69) is 43.0 Å². The van der Waals surface area contributed by atoms with Gasteiger partial charge in [0.25, 0.3) is 0 Å². The lowest BCUT2D eigenvalue weighted by Gasteiger charge is -2.20. The molecule has 3 aromatic carbocycles. The number of esters is 3. The molecule has 1 aromatic heterocycles. The van der Waals surface area contributed by atoms with Gasteiger partial charge in [0.2, 0.25) is 0 Å². The summed E-state index contributed by atoms with van der Waals surface area (Å²) < 4.78 is 16.8. The summed E-state index contributed by atoms with van der Waals surface area (Å²) in [6.45, 7) is 14.3. The first-order valence-corrected chi connectivity index (χ1v) is 22.3. The SMILES string of the molecule is C=CC(=C)C(=O)OCC(CC)Nc1ccc(-c2nc(-c3ccc(NC(CC)COC(=O)C4CCCC4)cc3)nc(-c3ccc(NC(CC)COC(=O)C4CCCC4)cc3)n2)cc1. The molecule has 0 amide bonds. The molecule has 2 aliphatic carbocycles. The second-order valence-electron chi connectivity index (χ2n) is 16.3. The van der Waals surface area contributed by atoms with Crippen molar-refractivity contribution in [2.24, 2.45) is 11.8 Å². The molecule has 6 rings (SSSR count). The van der Waals surface area contributed by atoms with E-state index >= 15 is 0 Å². The molecule has 12 nitrogen and oxygen atoms in total.